The zero-order valence-corrected chi connectivity index (χ0v) is 9.56. The van der Waals surface area contributed by atoms with Crippen molar-refractivity contribution in [2.75, 3.05) is 13.7 Å². The van der Waals surface area contributed by atoms with Gasteiger partial charge in [0, 0.05) is 4.47 Å². The molecule has 0 saturated heterocycles. The SMILES string of the molecule is CN[C@H](CO)c1ccc(Br)c(Cl)c1. The fourth-order valence-electron chi connectivity index (χ4n) is 1.09. The van der Waals surface area contributed by atoms with Gasteiger partial charge in [0.1, 0.15) is 0 Å². The Morgan fingerprint density at radius 3 is 2.77 bits per heavy atom. The summed E-state index contributed by atoms with van der Waals surface area (Å²) in [7, 11) is 1.80. The van der Waals surface area contributed by atoms with Crippen LogP contribution in [-0.4, -0.2) is 18.8 Å². The van der Waals surface area contributed by atoms with E-state index in [1.54, 1.807) is 7.05 Å². The van der Waals surface area contributed by atoms with E-state index in [0.717, 1.165) is 10.0 Å². The number of hydrogen-bond donors (Lipinski definition) is 2. The third-order valence-corrected chi connectivity index (χ3v) is 3.11. The minimum absolute atomic E-state index is 0.0504. The molecule has 0 aliphatic heterocycles. The van der Waals surface area contributed by atoms with Gasteiger partial charge in [0.15, 0.2) is 0 Å². The Labute approximate surface area is 91.0 Å². The maximum absolute atomic E-state index is 9.02. The van der Waals surface area contributed by atoms with E-state index in [9.17, 15) is 0 Å². The number of benzene rings is 1. The molecule has 1 aromatic carbocycles. The lowest BCUT2D eigenvalue weighted by atomic mass is 10.1. The second kappa shape index (κ2) is 4.96. The van der Waals surface area contributed by atoms with Crippen LogP contribution in [0.3, 0.4) is 0 Å². The van der Waals surface area contributed by atoms with Crippen LogP contribution in [0.25, 0.3) is 0 Å². The molecular weight excluding hydrogens is 253 g/mol. The highest BCUT2D eigenvalue weighted by Gasteiger charge is 2.08. The Balaban J connectivity index is 2.95. The predicted octanol–water partition coefficient (Wildman–Crippen LogP) is 2.36. The van der Waals surface area contributed by atoms with Gasteiger partial charge in [-0.3, -0.25) is 0 Å². The molecule has 1 aromatic rings. The second-order valence-electron chi connectivity index (χ2n) is 2.70. The smallest absolute Gasteiger partial charge is 0.0626 e. The van der Waals surface area contributed by atoms with Gasteiger partial charge >= 0.3 is 0 Å². The highest BCUT2D eigenvalue weighted by atomic mass is 79.9. The molecule has 0 aliphatic rings. The Bertz CT molecular complexity index is 289. The van der Waals surface area contributed by atoms with Gasteiger partial charge in [-0.2, -0.15) is 0 Å². The summed E-state index contributed by atoms with van der Waals surface area (Å²) in [4.78, 5) is 0. The molecule has 0 aliphatic carbocycles. The summed E-state index contributed by atoms with van der Waals surface area (Å²) in [5.41, 5.74) is 0.984. The highest BCUT2D eigenvalue weighted by molar-refractivity contribution is 9.10. The predicted molar refractivity (Wildman–Crippen MR) is 58.0 cm³/mol. The van der Waals surface area contributed by atoms with Crippen LogP contribution in [0.5, 0.6) is 0 Å². The molecule has 72 valence electrons. The zero-order chi connectivity index (χ0) is 9.84. The molecule has 2 N–H and O–H groups in total. The van der Waals surface area contributed by atoms with E-state index in [0.29, 0.717) is 5.02 Å². The van der Waals surface area contributed by atoms with Crippen molar-refractivity contribution in [2.24, 2.45) is 0 Å². The summed E-state index contributed by atoms with van der Waals surface area (Å²) in [5.74, 6) is 0. The first-order valence-electron chi connectivity index (χ1n) is 3.92. The lowest BCUT2D eigenvalue weighted by molar-refractivity contribution is 0.251. The average Bonchev–Trinajstić information content (AvgIpc) is 2.13. The van der Waals surface area contributed by atoms with Gasteiger partial charge in [0.2, 0.25) is 0 Å². The molecule has 0 spiro atoms. The van der Waals surface area contributed by atoms with Crippen molar-refractivity contribution in [2.45, 2.75) is 6.04 Å². The van der Waals surface area contributed by atoms with E-state index >= 15 is 0 Å². The monoisotopic (exact) mass is 263 g/mol. The summed E-state index contributed by atoms with van der Waals surface area (Å²) in [6.07, 6.45) is 0. The third-order valence-electron chi connectivity index (χ3n) is 1.88. The molecule has 0 aromatic heterocycles. The molecule has 0 saturated carbocycles. The Morgan fingerprint density at radius 1 is 1.62 bits per heavy atom. The second-order valence-corrected chi connectivity index (χ2v) is 3.96. The number of hydrogen-bond acceptors (Lipinski definition) is 2. The highest BCUT2D eigenvalue weighted by Crippen LogP contribution is 2.25. The van der Waals surface area contributed by atoms with E-state index in [4.69, 9.17) is 16.7 Å². The van der Waals surface area contributed by atoms with Crippen LogP contribution >= 0.6 is 27.5 Å². The topological polar surface area (TPSA) is 32.3 Å². The molecule has 0 radical (unpaired) electrons. The molecule has 1 rings (SSSR count). The van der Waals surface area contributed by atoms with Crippen molar-refractivity contribution in [3.63, 3.8) is 0 Å². The van der Waals surface area contributed by atoms with E-state index in [1.165, 1.54) is 0 Å². The van der Waals surface area contributed by atoms with E-state index < -0.39 is 0 Å². The van der Waals surface area contributed by atoms with Crippen LogP contribution < -0.4 is 5.32 Å². The van der Waals surface area contributed by atoms with E-state index in [2.05, 4.69) is 21.2 Å². The molecule has 4 heteroatoms. The Kier molecular flexibility index (Phi) is 4.19. The normalized spacial score (nSPS) is 12.9. The van der Waals surface area contributed by atoms with Gasteiger partial charge in [-0.1, -0.05) is 17.7 Å². The minimum atomic E-state index is -0.0504. The first kappa shape index (κ1) is 11.0. The molecular formula is C9H11BrClNO. The Hall–Kier alpha value is -0.0900. The molecule has 2 nitrogen and oxygen atoms in total. The van der Waals surface area contributed by atoms with Crippen molar-refractivity contribution in [1.82, 2.24) is 5.32 Å². The van der Waals surface area contributed by atoms with Crippen LogP contribution in [-0.2, 0) is 0 Å². The molecule has 0 fully saturated rings. The van der Waals surface area contributed by atoms with Crippen molar-refractivity contribution in [3.8, 4) is 0 Å². The van der Waals surface area contributed by atoms with E-state index in [-0.39, 0.29) is 12.6 Å². The largest absolute Gasteiger partial charge is 0.394 e. The summed E-state index contributed by atoms with van der Waals surface area (Å²) in [6, 6.07) is 5.58. The van der Waals surface area contributed by atoms with Crippen molar-refractivity contribution >= 4 is 27.5 Å². The van der Waals surface area contributed by atoms with Crippen LogP contribution in [0.2, 0.25) is 5.02 Å². The van der Waals surface area contributed by atoms with E-state index in [1.807, 2.05) is 18.2 Å². The van der Waals surface area contributed by atoms with Crippen molar-refractivity contribution in [1.29, 1.82) is 0 Å². The fraction of sp³-hybridized carbons (Fsp3) is 0.333. The van der Waals surface area contributed by atoms with Crippen molar-refractivity contribution < 1.29 is 5.11 Å². The summed E-state index contributed by atoms with van der Waals surface area (Å²) in [5, 5.41) is 12.7. The average molecular weight is 265 g/mol. The zero-order valence-electron chi connectivity index (χ0n) is 7.22. The molecule has 0 bridgehead atoms. The number of likely N-dealkylation sites (N-methyl/N-ethyl adjacent to an activating group) is 1. The van der Waals surface area contributed by atoms with Gasteiger partial charge in [0.05, 0.1) is 17.7 Å². The quantitative estimate of drug-likeness (QED) is 0.878. The van der Waals surface area contributed by atoms with Gasteiger partial charge in [0.25, 0.3) is 0 Å². The first-order valence-corrected chi connectivity index (χ1v) is 5.09. The molecule has 0 unspecified atom stereocenters. The maximum Gasteiger partial charge on any atom is 0.0626 e. The standard InChI is InChI=1S/C9H11BrClNO/c1-12-9(5-13)6-2-3-7(10)8(11)4-6/h2-4,9,12-13H,5H2,1H3/t9-/m1/s1. The molecule has 13 heavy (non-hydrogen) atoms. The summed E-state index contributed by atoms with van der Waals surface area (Å²) < 4.78 is 0.866. The van der Waals surface area contributed by atoms with Crippen LogP contribution in [0.1, 0.15) is 11.6 Å². The lowest BCUT2D eigenvalue weighted by Crippen LogP contribution is -2.19. The van der Waals surface area contributed by atoms with Crippen LogP contribution in [0, 0.1) is 0 Å². The van der Waals surface area contributed by atoms with Gasteiger partial charge in [-0.05, 0) is 40.7 Å². The minimum Gasteiger partial charge on any atom is -0.394 e. The van der Waals surface area contributed by atoms with Crippen LogP contribution in [0.15, 0.2) is 22.7 Å². The Morgan fingerprint density at radius 2 is 2.31 bits per heavy atom. The van der Waals surface area contributed by atoms with Gasteiger partial charge in [-0.25, -0.2) is 0 Å². The number of aliphatic hydroxyl groups excluding tert-OH is 1. The van der Waals surface area contributed by atoms with Crippen LogP contribution in [0.4, 0.5) is 0 Å². The number of aliphatic hydroxyl groups is 1. The molecule has 0 heterocycles. The fourth-order valence-corrected chi connectivity index (χ4v) is 1.53. The third kappa shape index (κ3) is 2.68. The van der Waals surface area contributed by atoms with Gasteiger partial charge in [-0.15, -0.1) is 0 Å². The summed E-state index contributed by atoms with van der Waals surface area (Å²) >= 11 is 9.22. The maximum atomic E-state index is 9.02. The number of rotatable bonds is 3. The van der Waals surface area contributed by atoms with Gasteiger partial charge < -0.3 is 10.4 Å². The van der Waals surface area contributed by atoms with Crippen molar-refractivity contribution in [3.05, 3.63) is 33.3 Å². The summed E-state index contributed by atoms with van der Waals surface area (Å²) in [6.45, 7) is 0.0639. The first-order chi connectivity index (χ1) is 6.19. The molecule has 1 atom stereocenters. The number of nitrogens with one attached hydrogen (secondary N) is 1. The lowest BCUT2D eigenvalue weighted by Gasteiger charge is -2.13. The molecule has 0 amide bonds. The number of halogens is 2.